The van der Waals surface area contributed by atoms with Crippen LogP contribution in [0.3, 0.4) is 0 Å². The van der Waals surface area contributed by atoms with Gasteiger partial charge in [-0.25, -0.2) is 9.97 Å². The normalized spacial score (nSPS) is 12.0. The van der Waals surface area contributed by atoms with Crippen molar-refractivity contribution in [2.45, 2.75) is 71.6 Å². The highest BCUT2D eigenvalue weighted by Gasteiger charge is 2.07. The number of aromatic nitrogens is 2. The SMILES string of the molecule is CCCCCOc1cnc(-c2ccc(-c3ccc(C(C)CCCCC)cc3)cc2)nc1. The van der Waals surface area contributed by atoms with Gasteiger partial charge in [0.2, 0.25) is 0 Å². The highest BCUT2D eigenvalue weighted by Crippen LogP contribution is 2.27. The molecule has 164 valence electrons. The Bertz CT molecular complexity index is 886. The average Bonchev–Trinajstić information content (AvgIpc) is 2.83. The topological polar surface area (TPSA) is 35.0 Å². The standard InChI is InChI=1S/C28H36N2O/c1-4-6-8-10-22(3)23-11-13-24(14-12-23)25-15-17-26(18-16-25)28-29-20-27(21-30-28)31-19-9-7-5-2/h11-18,20-22H,4-10,19H2,1-3H3. The predicted octanol–water partition coefficient (Wildman–Crippen LogP) is 8.06. The number of unbranched alkanes of at least 4 members (excludes halogenated alkanes) is 4. The van der Waals surface area contributed by atoms with Crippen molar-refractivity contribution in [2.24, 2.45) is 0 Å². The molecule has 0 bridgehead atoms. The third kappa shape index (κ3) is 6.92. The van der Waals surface area contributed by atoms with E-state index in [1.54, 1.807) is 12.4 Å². The summed E-state index contributed by atoms with van der Waals surface area (Å²) in [5.41, 5.74) is 4.90. The molecule has 3 aromatic rings. The van der Waals surface area contributed by atoms with Gasteiger partial charge in [0.05, 0.1) is 19.0 Å². The first kappa shape index (κ1) is 23.0. The van der Waals surface area contributed by atoms with Crippen LogP contribution < -0.4 is 4.74 Å². The van der Waals surface area contributed by atoms with Crippen molar-refractivity contribution < 1.29 is 4.74 Å². The second-order valence-corrected chi connectivity index (χ2v) is 8.39. The van der Waals surface area contributed by atoms with Crippen LogP contribution in [0.1, 0.15) is 77.2 Å². The van der Waals surface area contributed by atoms with Gasteiger partial charge in [0.15, 0.2) is 11.6 Å². The van der Waals surface area contributed by atoms with E-state index in [0.29, 0.717) is 5.92 Å². The lowest BCUT2D eigenvalue weighted by atomic mass is 9.93. The van der Waals surface area contributed by atoms with Gasteiger partial charge in [0, 0.05) is 5.56 Å². The Morgan fingerprint density at radius 3 is 1.87 bits per heavy atom. The summed E-state index contributed by atoms with van der Waals surface area (Å²) in [6, 6.07) is 17.5. The highest BCUT2D eigenvalue weighted by atomic mass is 16.5. The molecule has 0 saturated carbocycles. The van der Waals surface area contributed by atoms with Gasteiger partial charge in [-0.05, 0) is 35.4 Å². The number of hydrogen-bond donors (Lipinski definition) is 0. The number of rotatable bonds is 12. The Labute approximate surface area is 187 Å². The summed E-state index contributed by atoms with van der Waals surface area (Å²) in [5, 5.41) is 0. The van der Waals surface area contributed by atoms with Crippen LogP contribution in [0.2, 0.25) is 0 Å². The van der Waals surface area contributed by atoms with E-state index in [9.17, 15) is 0 Å². The van der Waals surface area contributed by atoms with Gasteiger partial charge in [0.25, 0.3) is 0 Å². The van der Waals surface area contributed by atoms with E-state index >= 15 is 0 Å². The Kier molecular flexibility index (Phi) is 9.08. The molecule has 2 aromatic carbocycles. The zero-order chi connectivity index (χ0) is 21.9. The third-order valence-electron chi connectivity index (χ3n) is 5.84. The molecule has 0 spiro atoms. The molecular formula is C28H36N2O. The molecule has 0 saturated heterocycles. The van der Waals surface area contributed by atoms with Crippen molar-refractivity contribution in [2.75, 3.05) is 6.61 Å². The van der Waals surface area contributed by atoms with Crippen LogP contribution in [0, 0.1) is 0 Å². The van der Waals surface area contributed by atoms with Crippen LogP contribution in [0.5, 0.6) is 5.75 Å². The van der Waals surface area contributed by atoms with Crippen LogP contribution >= 0.6 is 0 Å². The minimum atomic E-state index is 0.624. The van der Waals surface area contributed by atoms with E-state index in [1.165, 1.54) is 55.2 Å². The monoisotopic (exact) mass is 416 g/mol. The molecule has 0 N–H and O–H groups in total. The van der Waals surface area contributed by atoms with Crippen LogP contribution in [-0.2, 0) is 0 Å². The Morgan fingerprint density at radius 2 is 1.26 bits per heavy atom. The van der Waals surface area contributed by atoms with Crippen molar-refractivity contribution in [3.8, 4) is 28.3 Å². The molecule has 0 amide bonds. The van der Waals surface area contributed by atoms with Gasteiger partial charge in [-0.2, -0.15) is 0 Å². The Morgan fingerprint density at radius 1 is 0.710 bits per heavy atom. The van der Waals surface area contributed by atoms with Crippen LogP contribution in [-0.4, -0.2) is 16.6 Å². The van der Waals surface area contributed by atoms with Gasteiger partial charge in [-0.1, -0.05) is 101 Å². The lowest BCUT2D eigenvalue weighted by Crippen LogP contribution is -1.98. The highest BCUT2D eigenvalue weighted by molar-refractivity contribution is 5.68. The molecule has 1 unspecified atom stereocenters. The minimum Gasteiger partial charge on any atom is -0.490 e. The number of hydrogen-bond acceptors (Lipinski definition) is 3. The zero-order valence-electron chi connectivity index (χ0n) is 19.3. The largest absolute Gasteiger partial charge is 0.490 e. The summed E-state index contributed by atoms with van der Waals surface area (Å²) in [5.74, 6) is 2.09. The second-order valence-electron chi connectivity index (χ2n) is 8.39. The molecule has 1 heterocycles. The molecule has 3 nitrogen and oxygen atoms in total. The minimum absolute atomic E-state index is 0.624. The molecule has 0 aliphatic heterocycles. The molecule has 3 heteroatoms. The molecule has 0 radical (unpaired) electrons. The number of ether oxygens (including phenoxy) is 1. The predicted molar refractivity (Wildman–Crippen MR) is 130 cm³/mol. The van der Waals surface area contributed by atoms with Crippen molar-refractivity contribution >= 4 is 0 Å². The van der Waals surface area contributed by atoms with Gasteiger partial charge >= 0.3 is 0 Å². The lowest BCUT2D eigenvalue weighted by Gasteiger charge is -2.12. The summed E-state index contributed by atoms with van der Waals surface area (Å²) < 4.78 is 5.70. The fraction of sp³-hybridized carbons (Fsp3) is 0.429. The second kappa shape index (κ2) is 12.2. The number of nitrogens with zero attached hydrogens (tertiary/aromatic N) is 2. The quantitative estimate of drug-likeness (QED) is 0.280. The molecule has 1 aromatic heterocycles. The molecule has 31 heavy (non-hydrogen) atoms. The number of benzene rings is 2. The van der Waals surface area contributed by atoms with Crippen LogP contribution in [0.25, 0.3) is 22.5 Å². The van der Waals surface area contributed by atoms with Crippen molar-refractivity contribution in [1.29, 1.82) is 0 Å². The molecular weight excluding hydrogens is 380 g/mol. The van der Waals surface area contributed by atoms with E-state index < -0.39 is 0 Å². The van der Waals surface area contributed by atoms with Gasteiger partial charge in [-0.3, -0.25) is 0 Å². The first-order valence-corrected chi connectivity index (χ1v) is 11.9. The van der Waals surface area contributed by atoms with E-state index in [1.807, 2.05) is 0 Å². The maximum Gasteiger partial charge on any atom is 0.159 e. The molecule has 0 fully saturated rings. The molecule has 3 rings (SSSR count). The van der Waals surface area contributed by atoms with Crippen LogP contribution in [0.4, 0.5) is 0 Å². The Balaban J connectivity index is 1.59. The van der Waals surface area contributed by atoms with E-state index in [4.69, 9.17) is 4.74 Å². The smallest absolute Gasteiger partial charge is 0.159 e. The third-order valence-corrected chi connectivity index (χ3v) is 5.84. The summed E-state index contributed by atoms with van der Waals surface area (Å²) in [7, 11) is 0. The van der Waals surface area contributed by atoms with E-state index in [2.05, 4.69) is 79.3 Å². The summed E-state index contributed by atoms with van der Waals surface area (Å²) in [4.78, 5) is 8.95. The van der Waals surface area contributed by atoms with Gasteiger partial charge in [0.1, 0.15) is 0 Å². The van der Waals surface area contributed by atoms with Crippen LogP contribution in [0.15, 0.2) is 60.9 Å². The summed E-state index contributed by atoms with van der Waals surface area (Å²) in [6.45, 7) is 7.51. The van der Waals surface area contributed by atoms with E-state index in [-0.39, 0.29) is 0 Å². The first-order valence-electron chi connectivity index (χ1n) is 11.9. The average molecular weight is 417 g/mol. The van der Waals surface area contributed by atoms with Gasteiger partial charge < -0.3 is 4.74 Å². The first-order chi connectivity index (χ1) is 15.2. The van der Waals surface area contributed by atoms with Crippen molar-refractivity contribution in [3.63, 3.8) is 0 Å². The maximum absolute atomic E-state index is 5.70. The molecule has 0 aliphatic carbocycles. The van der Waals surface area contributed by atoms with E-state index in [0.717, 1.165) is 30.2 Å². The van der Waals surface area contributed by atoms with Crippen molar-refractivity contribution in [1.82, 2.24) is 9.97 Å². The Hall–Kier alpha value is -2.68. The fourth-order valence-corrected chi connectivity index (χ4v) is 3.76. The zero-order valence-corrected chi connectivity index (χ0v) is 19.3. The maximum atomic E-state index is 5.70. The summed E-state index contributed by atoms with van der Waals surface area (Å²) >= 11 is 0. The molecule has 0 aliphatic rings. The van der Waals surface area contributed by atoms with Crippen molar-refractivity contribution in [3.05, 3.63) is 66.5 Å². The van der Waals surface area contributed by atoms with Gasteiger partial charge in [-0.15, -0.1) is 0 Å². The fourth-order valence-electron chi connectivity index (χ4n) is 3.76. The summed E-state index contributed by atoms with van der Waals surface area (Å²) in [6.07, 6.45) is 12.2. The lowest BCUT2D eigenvalue weighted by molar-refractivity contribution is 0.304. The molecule has 1 atom stereocenters.